The number of rotatable bonds is 10. The standard InChI is InChI=1S/C18H33N5O3S/c1-15(2)27(25,26)22-12-8-17(9-13-22)18(24)19-10-6-4-5-7-11-23-16(3)14-20-21-23/h14-15,17H,4-13H2,1-3H3,(H,19,24). The topological polar surface area (TPSA) is 97.2 Å². The fourth-order valence-corrected chi connectivity index (χ4v) is 4.61. The van der Waals surface area contributed by atoms with Crippen LogP contribution < -0.4 is 5.32 Å². The molecule has 0 spiro atoms. The molecule has 1 aromatic rings. The quantitative estimate of drug-likeness (QED) is 0.604. The molecule has 0 atom stereocenters. The lowest BCUT2D eigenvalue weighted by Crippen LogP contribution is -2.45. The zero-order chi connectivity index (χ0) is 19.9. The van der Waals surface area contributed by atoms with Gasteiger partial charge in [0.2, 0.25) is 15.9 Å². The number of piperidine rings is 1. The van der Waals surface area contributed by atoms with Crippen LogP contribution in [0.3, 0.4) is 0 Å². The zero-order valence-corrected chi connectivity index (χ0v) is 17.5. The number of carbonyl (C=O) groups excluding carboxylic acids is 1. The molecule has 1 aliphatic heterocycles. The van der Waals surface area contributed by atoms with Crippen molar-refractivity contribution in [3.8, 4) is 0 Å². The van der Waals surface area contributed by atoms with Gasteiger partial charge in [0.15, 0.2) is 0 Å². The molecular formula is C18H33N5O3S. The Morgan fingerprint density at radius 3 is 2.48 bits per heavy atom. The summed E-state index contributed by atoms with van der Waals surface area (Å²) in [5, 5.41) is 10.5. The van der Waals surface area contributed by atoms with Crippen molar-refractivity contribution in [3.05, 3.63) is 11.9 Å². The van der Waals surface area contributed by atoms with Crippen molar-refractivity contribution in [2.75, 3.05) is 19.6 Å². The maximum Gasteiger partial charge on any atom is 0.223 e. The Kier molecular flexibility index (Phi) is 8.22. The van der Waals surface area contributed by atoms with Gasteiger partial charge in [-0.3, -0.25) is 4.79 Å². The van der Waals surface area contributed by atoms with Crippen LogP contribution in [-0.2, 0) is 21.4 Å². The second-order valence-electron chi connectivity index (χ2n) is 7.57. The van der Waals surface area contributed by atoms with Gasteiger partial charge in [-0.15, -0.1) is 5.10 Å². The average Bonchev–Trinajstić information content (AvgIpc) is 3.05. The maximum atomic E-state index is 12.3. The van der Waals surface area contributed by atoms with E-state index in [1.165, 1.54) is 4.31 Å². The first-order valence-corrected chi connectivity index (χ1v) is 11.4. The molecule has 154 valence electrons. The number of nitrogens with one attached hydrogen (secondary N) is 1. The molecule has 0 aromatic carbocycles. The van der Waals surface area contributed by atoms with E-state index in [-0.39, 0.29) is 11.8 Å². The molecule has 1 aliphatic rings. The van der Waals surface area contributed by atoms with Gasteiger partial charge in [-0.25, -0.2) is 17.4 Å². The SMILES string of the molecule is Cc1cnnn1CCCCCCNC(=O)C1CCN(S(=O)(=O)C(C)C)CC1. The lowest BCUT2D eigenvalue weighted by atomic mass is 9.97. The summed E-state index contributed by atoms with van der Waals surface area (Å²) in [5.41, 5.74) is 1.08. The van der Waals surface area contributed by atoms with Crippen molar-refractivity contribution >= 4 is 15.9 Å². The average molecular weight is 400 g/mol. The predicted molar refractivity (Wildman–Crippen MR) is 105 cm³/mol. The number of carbonyl (C=O) groups is 1. The Morgan fingerprint density at radius 1 is 1.22 bits per heavy atom. The fraction of sp³-hybridized carbons (Fsp3) is 0.833. The monoisotopic (exact) mass is 399 g/mol. The third-order valence-corrected chi connectivity index (χ3v) is 7.46. The summed E-state index contributed by atoms with van der Waals surface area (Å²) in [6, 6.07) is 0. The van der Waals surface area contributed by atoms with Crippen molar-refractivity contribution in [3.63, 3.8) is 0 Å². The number of aryl methyl sites for hydroxylation is 2. The van der Waals surface area contributed by atoms with Gasteiger partial charge in [-0.2, -0.15) is 0 Å². The summed E-state index contributed by atoms with van der Waals surface area (Å²) in [6.45, 7) is 7.85. The van der Waals surface area contributed by atoms with E-state index in [2.05, 4.69) is 15.6 Å². The van der Waals surface area contributed by atoms with Gasteiger partial charge in [0.05, 0.1) is 17.1 Å². The number of hydrogen-bond donors (Lipinski definition) is 1. The van der Waals surface area contributed by atoms with Crippen LogP contribution in [0.5, 0.6) is 0 Å². The van der Waals surface area contributed by atoms with Gasteiger partial charge in [0.1, 0.15) is 0 Å². The molecule has 2 rings (SSSR count). The predicted octanol–water partition coefficient (Wildman–Crippen LogP) is 1.71. The van der Waals surface area contributed by atoms with Gasteiger partial charge < -0.3 is 5.32 Å². The Morgan fingerprint density at radius 2 is 1.89 bits per heavy atom. The molecule has 27 heavy (non-hydrogen) atoms. The second kappa shape index (κ2) is 10.2. The smallest absolute Gasteiger partial charge is 0.223 e. The molecule has 0 bridgehead atoms. The second-order valence-corrected chi connectivity index (χ2v) is 10.1. The van der Waals surface area contributed by atoms with E-state index in [9.17, 15) is 13.2 Å². The molecule has 1 aromatic heterocycles. The van der Waals surface area contributed by atoms with E-state index in [4.69, 9.17) is 0 Å². The van der Waals surface area contributed by atoms with Gasteiger partial charge in [-0.05, 0) is 46.5 Å². The number of amides is 1. The molecule has 9 heteroatoms. The minimum absolute atomic E-state index is 0.0647. The molecule has 2 heterocycles. The summed E-state index contributed by atoms with van der Waals surface area (Å²) in [6.07, 6.45) is 7.16. The minimum atomic E-state index is -3.21. The highest BCUT2D eigenvalue weighted by Crippen LogP contribution is 2.21. The maximum absolute atomic E-state index is 12.3. The van der Waals surface area contributed by atoms with E-state index >= 15 is 0 Å². The normalized spacial score (nSPS) is 16.7. The lowest BCUT2D eigenvalue weighted by molar-refractivity contribution is -0.126. The number of aromatic nitrogens is 3. The summed E-state index contributed by atoms with van der Waals surface area (Å²) >= 11 is 0. The summed E-state index contributed by atoms with van der Waals surface area (Å²) in [7, 11) is -3.21. The van der Waals surface area contributed by atoms with E-state index in [0.717, 1.165) is 37.9 Å². The van der Waals surface area contributed by atoms with Crippen molar-refractivity contribution in [2.45, 2.75) is 71.1 Å². The van der Waals surface area contributed by atoms with Crippen LogP contribution in [0.15, 0.2) is 6.20 Å². The van der Waals surface area contributed by atoms with Crippen LogP contribution in [-0.4, -0.2) is 58.5 Å². The molecular weight excluding hydrogens is 366 g/mol. The molecule has 1 N–H and O–H groups in total. The number of nitrogens with zero attached hydrogens (tertiary/aromatic N) is 4. The third kappa shape index (κ3) is 6.27. The first-order valence-electron chi connectivity index (χ1n) is 9.94. The van der Waals surface area contributed by atoms with Crippen molar-refractivity contribution < 1.29 is 13.2 Å². The van der Waals surface area contributed by atoms with Crippen LogP contribution >= 0.6 is 0 Å². The van der Waals surface area contributed by atoms with Gasteiger partial charge >= 0.3 is 0 Å². The van der Waals surface area contributed by atoms with Gasteiger partial charge in [-0.1, -0.05) is 18.1 Å². The Bertz CT molecular complexity index is 694. The Labute approximate surface area is 162 Å². The van der Waals surface area contributed by atoms with Gasteiger partial charge in [0.25, 0.3) is 0 Å². The van der Waals surface area contributed by atoms with Crippen LogP contribution in [0.25, 0.3) is 0 Å². The van der Waals surface area contributed by atoms with E-state index in [0.29, 0.717) is 32.5 Å². The van der Waals surface area contributed by atoms with E-state index in [1.54, 1.807) is 20.0 Å². The molecule has 0 saturated carbocycles. The van der Waals surface area contributed by atoms with Crippen molar-refractivity contribution in [2.24, 2.45) is 5.92 Å². The summed E-state index contributed by atoms with van der Waals surface area (Å²) in [5.74, 6) is -0.00580. The molecule has 0 unspecified atom stereocenters. The highest BCUT2D eigenvalue weighted by atomic mass is 32.2. The number of sulfonamides is 1. The number of unbranched alkanes of at least 4 members (excludes halogenated alkanes) is 3. The van der Waals surface area contributed by atoms with Crippen LogP contribution in [0, 0.1) is 12.8 Å². The number of hydrogen-bond acceptors (Lipinski definition) is 5. The fourth-order valence-electron chi connectivity index (χ4n) is 3.30. The summed E-state index contributed by atoms with van der Waals surface area (Å²) in [4.78, 5) is 12.3. The highest BCUT2D eigenvalue weighted by molar-refractivity contribution is 7.89. The minimum Gasteiger partial charge on any atom is -0.356 e. The molecule has 0 radical (unpaired) electrons. The summed E-state index contributed by atoms with van der Waals surface area (Å²) < 4.78 is 27.8. The first-order chi connectivity index (χ1) is 12.8. The first kappa shape index (κ1) is 21.8. The molecule has 8 nitrogen and oxygen atoms in total. The van der Waals surface area contributed by atoms with Crippen molar-refractivity contribution in [1.29, 1.82) is 0 Å². The van der Waals surface area contributed by atoms with Crippen molar-refractivity contribution in [1.82, 2.24) is 24.6 Å². The van der Waals surface area contributed by atoms with Crippen LogP contribution in [0.4, 0.5) is 0 Å². The largest absolute Gasteiger partial charge is 0.356 e. The lowest BCUT2D eigenvalue weighted by Gasteiger charge is -2.31. The zero-order valence-electron chi connectivity index (χ0n) is 16.7. The van der Waals surface area contributed by atoms with Crippen LogP contribution in [0.2, 0.25) is 0 Å². The Balaban J connectivity index is 1.56. The van der Waals surface area contributed by atoms with E-state index in [1.807, 2.05) is 11.6 Å². The molecule has 1 saturated heterocycles. The van der Waals surface area contributed by atoms with E-state index < -0.39 is 15.3 Å². The molecule has 1 fully saturated rings. The van der Waals surface area contributed by atoms with Crippen LogP contribution in [0.1, 0.15) is 58.1 Å². The molecule has 1 amide bonds. The van der Waals surface area contributed by atoms with Gasteiger partial charge in [0, 0.05) is 32.1 Å². The Hall–Kier alpha value is -1.48. The molecule has 0 aliphatic carbocycles. The highest BCUT2D eigenvalue weighted by Gasteiger charge is 2.32. The third-order valence-electron chi connectivity index (χ3n) is 5.19.